The normalized spacial score (nSPS) is 25.1. The highest BCUT2D eigenvalue weighted by molar-refractivity contribution is 4.48. The van der Waals surface area contributed by atoms with Crippen LogP contribution in [0.25, 0.3) is 0 Å². The van der Waals surface area contributed by atoms with Crippen LogP contribution in [0.2, 0.25) is 0 Å². The minimum Gasteiger partial charge on any atom is -0.298 e. The third-order valence-corrected chi connectivity index (χ3v) is 1.13. The van der Waals surface area contributed by atoms with Crippen LogP contribution in [0.4, 0.5) is 0 Å². The smallest absolute Gasteiger partial charge is 0.0413 e. The fourth-order valence-corrected chi connectivity index (χ4v) is 0.678. The predicted molar refractivity (Wildman–Crippen MR) is 28.9 cm³/mol. The average molecular weight is 117 g/mol. The van der Waals surface area contributed by atoms with Crippen molar-refractivity contribution in [3.05, 3.63) is 0 Å². The van der Waals surface area contributed by atoms with Gasteiger partial charge in [-0.05, 0) is 12.8 Å². The molecule has 0 saturated carbocycles. The highest BCUT2D eigenvalue weighted by Gasteiger charge is 2.01. The van der Waals surface area contributed by atoms with Crippen LogP contribution >= 0.6 is 0 Å². The van der Waals surface area contributed by atoms with E-state index < -0.39 is 0 Å². The molecule has 0 spiro atoms. The second-order valence-corrected chi connectivity index (χ2v) is 1.87. The van der Waals surface area contributed by atoms with Crippen molar-refractivity contribution in [2.24, 2.45) is 0 Å². The summed E-state index contributed by atoms with van der Waals surface area (Å²) >= 11 is 0. The van der Waals surface area contributed by atoms with Crippen LogP contribution in [0, 0.1) is 0 Å². The largest absolute Gasteiger partial charge is 0.298 e. The molecule has 0 atom stereocenters. The molecule has 0 aromatic carbocycles. The number of hydroxylamine groups is 1. The van der Waals surface area contributed by atoms with Crippen LogP contribution in [-0.4, -0.2) is 23.5 Å². The Morgan fingerprint density at radius 1 is 1.38 bits per heavy atom. The standard InChI is InChI=1S/C4H11N3O/c8-7-4-2-1-3-5-6-7/h5-6,8H,1-4H2. The van der Waals surface area contributed by atoms with Crippen molar-refractivity contribution < 1.29 is 5.21 Å². The zero-order valence-corrected chi connectivity index (χ0v) is 4.72. The van der Waals surface area contributed by atoms with Gasteiger partial charge in [0.1, 0.15) is 0 Å². The third kappa shape index (κ3) is 1.75. The molecule has 0 aromatic rings. The number of nitrogens with one attached hydrogen (secondary N) is 2. The highest BCUT2D eigenvalue weighted by atomic mass is 16.5. The number of nitrogens with zero attached hydrogens (tertiary/aromatic N) is 1. The van der Waals surface area contributed by atoms with E-state index in [-0.39, 0.29) is 0 Å². The molecule has 1 aliphatic heterocycles. The SMILES string of the molecule is ON1CCCCNN1. The van der Waals surface area contributed by atoms with Gasteiger partial charge < -0.3 is 0 Å². The first kappa shape index (κ1) is 5.97. The van der Waals surface area contributed by atoms with Crippen LogP contribution < -0.4 is 11.0 Å². The maximum atomic E-state index is 8.75. The van der Waals surface area contributed by atoms with E-state index in [4.69, 9.17) is 5.21 Å². The Labute approximate surface area is 48.4 Å². The third-order valence-electron chi connectivity index (χ3n) is 1.13. The Bertz CT molecular complexity index is 60.3. The minimum atomic E-state index is 0.701. The van der Waals surface area contributed by atoms with Gasteiger partial charge in [-0.15, -0.1) is 5.17 Å². The fourth-order valence-electron chi connectivity index (χ4n) is 0.678. The van der Waals surface area contributed by atoms with Gasteiger partial charge in [0.05, 0.1) is 0 Å². The van der Waals surface area contributed by atoms with Crippen molar-refractivity contribution in [3.63, 3.8) is 0 Å². The molecule has 8 heavy (non-hydrogen) atoms. The summed E-state index contributed by atoms with van der Waals surface area (Å²) in [5.41, 5.74) is 5.41. The van der Waals surface area contributed by atoms with Crippen molar-refractivity contribution >= 4 is 0 Å². The van der Waals surface area contributed by atoms with Crippen molar-refractivity contribution in [2.75, 3.05) is 13.1 Å². The molecule has 4 heteroatoms. The van der Waals surface area contributed by atoms with E-state index in [0.29, 0.717) is 6.54 Å². The molecule has 4 nitrogen and oxygen atoms in total. The Morgan fingerprint density at radius 2 is 2.25 bits per heavy atom. The molecule has 1 fully saturated rings. The summed E-state index contributed by atoms with van der Waals surface area (Å²) in [4.78, 5) is 0. The van der Waals surface area contributed by atoms with E-state index >= 15 is 0 Å². The van der Waals surface area contributed by atoms with E-state index in [2.05, 4.69) is 11.0 Å². The molecule has 48 valence electrons. The zero-order chi connectivity index (χ0) is 5.82. The molecule has 0 aromatic heterocycles. The lowest BCUT2D eigenvalue weighted by atomic mass is 10.3. The van der Waals surface area contributed by atoms with E-state index in [0.717, 1.165) is 24.6 Å². The Balaban J connectivity index is 2.17. The Hall–Kier alpha value is -0.160. The molecule has 1 aliphatic rings. The molecule has 1 saturated heterocycles. The molecule has 0 aliphatic carbocycles. The number of hydrogen-bond acceptors (Lipinski definition) is 4. The maximum absolute atomic E-state index is 8.75. The monoisotopic (exact) mass is 117 g/mol. The first-order valence-corrected chi connectivity index (χ1v) is 2.84. The molecule has 0 bridgehead atoms. The molecule has 1 heterocycles. The van der Waals surface area contributed by atoms with Gasteiger partial charge in [-0.1, -0.05) is 0 Å². The van der Waals surface area contributed by atoms with Crippen molar-refractivity contribution in [2.45, 2.75) is 12.8 Å². The van der Waals surface area contributed by atoms with Crippen LogP contribution in [0.5, 0.6) is 0 Å². The number of hydrazine groups is 2. The fraction of sp³-hybridized carbons (Fsp3) is 1.00. The lowest BCUT2D eigenvalue weighted by molar-refractivity contribution is -0.144. The summed E-state index contributed by atoms with van der Waals surface area (Å²) in [7, 11) is 0. The molecule has 3 N–H and O–H groups in total. The summed E-state index contributed by atoms with van der Waals surface area (Å²) in [6, 6.07) is 0. The van der Waals surface area contributed by atoms with Gasteiger partial charge in [-0.25, -0.2) is 5.43 Å². The first-order chi connectivity index (χ1) is 3.89. The molecular weight excluding hydrogens is 106 g/mol. The quantitative estimate of drug-likeness (QED) is 0.399. The molecule has 1 rings (SSSR count). The second kappa shape index (κ2) is 2.99. The van der Waals surface area contributed by atoms with Crippen molar-refractivity contribution in [1.29, 1.82) is 0 Å². The first-order valence-electron chi connectivity index (χ1n) is 2.84. The van der Waals surface area contributed by atoms with Gasteiger partial charge in [0.25, 0.3) is 0 Å². The van der Waals surface area contributed by atoms with Gasteiger partial charge in [-0.2, -0.15) is 5.53 Å². The van der Waals surface area contributed by atoms with Gasteiger partial charge in [0.15, 0.2) is 0 Å². The topological polar surface area (TPSA) is 47.5 Å². The highest BCUT2D eigenvalue weighted by Crippen LogP contribution is 1.90. The van der Waals surface area contributed by atoms with Gasteiger partial charge in [0.2, 0.25) is 0 Å². The van der Waals surface area contributed by atoms with Crippen LogP contribution in [-0.2, 0) is 0 Å². The predicted octanol–water partition coefficient (Wildman–Crippen LogP) is -0.519. The van der Waals surface area contributed by atoms with E-state index in [1.807, 2.05) is 0 Å². The molecule has 0 radical (unpaired) electrons. The Morgan fingerprint density at radius 3 is 3.12 bits per heavy atom. The van der Waals surface area contributed by atoms with Gasteiger partial charge in [-0.3, -0.25) is 5.21 Å². The van der Waals surface area contributed by atoms with E-state index in [1.165, 1.54) is 0 Å². The van der Waals surface area contributed by atoms with Gasteiger partial charge >= 0.3 is 0 Å². The Kier molecular flexibility index (Phi) is 2.23. The number of hydrogen-bond donors (Lipinski definition) is 3. The van der Waals surface area contributed by atoms with Crippen LogP contribution in [0.15, 0.2) is 0 Å². The molecule has 0 unspecified atom stereocenters. The molecule has 0 amide bonds. The summed E-state index contributed by atoms with van der Waals surface area (Å²) in [5, 5.41) is 9.81. The van der Waals surface area contributed by atoms with Crippen molar-refractivity contribution in [3.8, 4) is 0 Å². The number of rotatable bonds is 0. The second-order valence-electron chi connectivity index (χ2n) is 1.87. The summed E-state index contributed by atoms with van der Waals surface area (Å²) in [6.07, 6.45) is 2.15. The van der Waals surface area contributed by atoms with E-state index in [9.17, 15) is 0 Å². The van der Waals surface area contributed by atoms with Gasteiger partial charge in [0, 0.05) is 13.1 Å². The minimum absolute atomic E-state index is 0.701. The maximum Gasteiger partial charge on any atom is 0.0413 e. The molecular formula is C4H11N3O. The zero-order valence-electron chi connectivity index (χ0n) is 4.72. The lowest BCUT2D eigenvalue weighted by Crippen LogP contribution is -2.43. The summed E-state index contributed by atoms with van der Waals surface area (Å²) in [6.45, 7) is 1.63. The average Bonchev–Trinajstić information content (AvgIpc) is 1.94. The summed E-state index contributed by atoms with van der Waals surface area (Å²) in [5.74, 6) is 0. The summed E-state index contributed by atoms with van der Waals surface area (Å²) < 4.78 is 0. The van der Waals surface area contributed by atoms with Crippen molar-refractivity contribution in [1.82, 2.24) is 16.1 Å². The van der Waals surface area contributed by atoms with E-state index in [1.54, 1.807) is 0 Å². The lowest BCUT2D eigenvalue weighted by Gasteiger charge is -2.10. The van der Waals surface area contributed by atoms with Crippen LogP contribution in [0.3, 0.4) is 0 Å². The van der Waals surface area contributed by atoms with Crippen LogP contribution in [0.1, 0.15) is 12.8 Å².